The van der Waals surface area contributed by atoms with Crippen molar-refractivity contribution in [2.24, 2.45) is 11.8 Å². The standard InChI is InChI=1S/C28H44F2N4O3S/c1-3-25(27-5-4-11-31-27)28(35)32-24-8-12-33(13-9-24)14-10-26(21-17-22(29)19-23(30)18-21)20-6-15-34(16-7-20)38(2,36)37/h17-20,24-27,31H,3-16H2,1-2H3,(H,32,35). The number of carbonyl (C=O) groups excluding carboxylic acids is 1. The number of halogens is 2. The maximum atomic E-state index is 14.1. The van der Waals surface area contributed by atoms with E-state index in [2.05, 4.69) is 22.5 Å². The maximum Gasteiger partial charge on any atom is 0.224 e. The van der Waals surface area contributed by atoms with Crippen molar-refractivity contribution in [3.63, 3.8) is 0 Å². The van der Waals surface area contributed by atoms with Crippen LogP contribution < -0.4 is 10.6 Å². The Kier molecular flexibility index (Phi) is 10.2. The van der Waals surface area contributed by atoms with E-state index in [1.807, 2.05) is 0 Å². The number of amides is 1. The van der Waals surface area contributed by atoms with Crippen molar-refractivity contribution in [1.82, 2.24) is 19.8 Å². The van der Waals surface area contributed by atoms with Gasteiger partial charge in [0, 0.05) is 44.3 Å². The average molecular weight is 555 g/mol. The lowest BCUT2D eigenvalue weighted by molar-refractivity contribution is -0.127. The molecule has 214 valence electrons. The number of benzene rings is 1. The van der Waals surface area contributed by atoms with Crippen LogP contribution in [0.5, 0.6) is 0 Å². The summed E-state index contributed by atoms with van der Waals surface area (Å²) in [7, 11) is -3.24. The number of likely N-dealkylation sites (tertiary alicyclic amines) is 1. The summed E-state index contributed by atoms with van der Waals surface area (Å²) in [4.78, 5) is 15.3. The molecule has 1 aromatic carbocycles. The zero-order valence-corrected chi connectivity index (χ0v) is 23.6. The zero-order valence-electron chi connectivity index (χ0n) is 22.8. The summed E-state index contributed by atoms with van der Waals surface area (Å²) in [5.41, 5.74) is 0.661. The van der Waals surface area contributed by atoms with Gasteiger partial charge in [-0.05, 0) is 94.0 Å². The minimum Gasteiger partial charge on any atom is -0.353 e. The number of rotatable bonds is 10. The number of piperidine rings is 2. The summed E-state index contributed by atoms with van der Waals surface area (Å²) in [5.74, 6) is -0.831. The molecule has 2 N–H and O–H groups in total. The predicted octanol–water partition coefficient (Wildman–Crippen LogP) is 3.47. The molecule has 4 rings (SSSR count). The Morgan fingerprint density at radius 2 is 1.71 bits per heavy atom. The fourth-order valence-corrected chi connectivity index (χ4v) is 7.59. The Bertz CT molecular complexity index is 1010. The van der Waals surface area contributed by atoms with Gasteiger partial charge in [-0.15, -0.1) is 0 Å². The van der Waals surface area contributed by atoms with Crippen LogP contribution in [0, 0.1) is 23.5 Å². The Balaban J connectivity index is 1.32. The Labute approximate surface area is 226 Å². The van der Waals surface area contributed by atoms with Gasteiger partial charge in [0.2, 0.25) is 15.9 Å². The van der Waals surface area contributed by atoms with E-state index in [4.69, 9.17) is 0 Å². The molecule has 7 nitrogen and oxygen atoms in total. The fourth-order valence-electron chi connectivity index (χ4n) is 6.71. The van der Waals surface area contributed by atoms with Crippen molar-refractivity contribution in [3.8, 4) is 0 Å². The van der Waals surface area contributed by atoms with Crippen LogP contribution in [-0.2, 0) is 14.8 Å². The zero-order chi connectivity index (χ0) is 27.3. The second kappa shape index (κ2) is 13.2. The molecule has 3 fully saturated rings. The fraction of sp³-hybridized carbons (Fsp3) is 0.750. The molecule has 3 unspecified atom stereocenters. The van der Waals surface area contributed by atoms with Gasteiger partial charge >= 0.3 is 0 Å². The molecule has 0 aromatic heterocycles. The van der Waals surface area contributed by atoms with Crippen LogP contribution in [0.25, 0.3) is 0 Å². The molecule has 0 bridgehead atoms. The van der Waals surface area contributed by atoms with Crippen molar-refractivity contribution in [3.05, 3.63) is 35.4 Å². The van der Waals surface area contributed by atoms with Crippen molar-refractivity contribution < 1.29 is 22.0 Å². The van der Waals surface area contributed by atoms with E-state index in [9.17, 15) is 22.0 Å². The topological polar surface area (TPSA) is 81.8 Å². The Hall–Kier alpha value is -1.62. The van der Waals surface area contributed by atoms with E-state index in [-0.39, 0.29) is 35.7 Å². The third kappa shape index (κ3) is 7.73. The van der Waals surface area contributed by atoms with Crippen LogP contribution in [0.2, 0.25) is 0 Å². The Morgan fingerprint density at radius 1 is 1.05 bits per heavy atom. The summed E-state index contributed by atoms with van der Waals surface area (Å²) < 4.78 is 53.7. The van der Waals surface area contributed by atoms with E-state index in [0.717, 1.165) is 70.8 Å². The maximum absolute atomic E-state index is 14.1. The molecule has 3 aliphatic rings. The van der Waals surface area contributed by atoms with Gasteiger partial charge in [0.25, 0.3) is 0 Å². The summed E-state index contributed by atoms with van der Waals surface area (Å²) >= 11 is 0. The van der Waals surface area contributed by atoms with E-state index in [1.165, 1.54) is 22.7 Å². The van der Waals surface area contributed by atoms with Gasteiger partial charge in [-0.2, -0.15) is 0 Å². The van der Waals surface area contributed by atoms with Gasteiger partial charge in [0.05, 0.1) is 12.2 Å². The number of carbonyl (C=O) groups is 1. The number of hydrogen-bond donors (Lipinski definition) is 2. The highest BCUT2D eigenvalue weighted by Crippen LogP contribution is 2.37. The highest BCUT2D eigenvalue weighted by molar-refractivity contribution is 7.88. The van der Waals surface area contributed by atoms with Crippen molar-refractivity contribution in [1.29, 1.82) is 0 Å². The lowest BCUT2D eigenvalue weighted by atomic mass is 9.78. The molecule has 1 amide bonds. The van der Waals surface area contributed by atoms with E-state index in [0.29, 0.717) is 31.5 Å². The normalized spacial score (nSPS) is 24.4. The molecular formula is C28H44F2N4O3S. The lowest BCUT2D eigenvalue weighted by Gasteiger charge is -2.37. The van der Waals surface area contributed by atoms with Gasteiger partial charge in [-0.25, -0.2) is 21.5 Å². The highest BCUT2D eigenvalue weighted by Gasteiger charge is 2.33. The second-order valence-electron chi connectivity index (χ2n) is 11.4. The number of sulfonamides is 1. The first-order valence-corrected chi connectivity index (χ1v) is 16.2. The first-order chi connectivity index (χ1) is 18.1. The molecule has 1 aromatic rings. The quantitative estimate of drug-likeness (QED) is 0.463. The van der Waals surface area contributed by atoms with Gasteiger partial charge in [-0.3, -0.25) is 4.79 Å². The molecule has 0 radical (unpaired) electrons. The Morgan fingerprint density at radius 3 is 2.26 bits per heavy atom. The van der Waals surface area contributed by atoms with Crippen molar-refractivity contribution in [2.75, 3.05) is 45.5 Å². The van der Waals surface area contributed by atoms with Crippen LogP contribution in [-0.4, -0.2) is 81.1 Å². The summed E-state index contributed by atoms with van der Waals surface area (Å²) in [6.45, 7) is 6.52. The number of nitrogens with one attached hydrogen (secondary N) is 2. The second-order valence-corrected chi connectivity index (χ2v) is 13.4. The molecule has 3 atom stereocenters. The number of nitrogens with zero attached hydrogens (tertiary/aromatic N) is 2. The van der Waals surface area contributed by atoms with Crippen LogP contribution in [0.1, 0.15) is 69.8 Å². The average Bonchev–Trinajstić information content (AvgIpc) is 3.39. The predicted molar refractivity (Wildman–Crippen MR) is 145 cm³/mol. The smallest absolute Gasteiger partial charge is 0.224 e. The van der Waals surface area contributed by atoms with Crippen molar-refractivity contribution >= 4 is 15.9 Å². The van der Waals surface area contributed by atoms with E-state index < -0.39 is 21.7 Å². The van der Waals surface area contributed by atoms with E-state index >= 15 is 0 Å². The first kappa shape index (κ1) is 29.4. The van der Waals surface area contributed by atoms with Crippen LogP contribution in [0.3, 0.4) is 0 Å². The summed E-state index contributed by atoms with van der Waals surface area (Å²) in [5, 5.41) is 6.76. The molecule has 0 spiro atoms. The molecule has 3 aliphatic heterocycles. The molecule has 10 heteroatoms. The molecule has 3 heterocycles. The SMILES string of the molecule is CCC(C(=O)NC1CCN(CCC(c2cc(F)cc(F)c2)C2CCN(S(C)(=O)=O)CC2)CC1)C1CCCN1. The van der Waals surface area contributed by atoms with Crippen LogP contribution in [0.4, 0.5) is 8.78 Å². The third-order valence-electron chi connectivity index (χ3n) is 8.90. The largest absolute Gasteiger partial charge is 0.353 e. The molecule has 0 saturated carbocycles. The first-order valence-electron chi connectivity index (χ1n) is 14.3. The third-order valence-corrected chi connectivity index (χ3v) is 10.2. The van der Waals surface area contributed by atoms with Crippen LogP contribution >= 0.6 is 0 Å². The summed E-state index contributed by atoms with van der Waals surface area (Å²) in [6, 6.07) is 4.23. The molecule has 0 aliphatic carbocycles. The lowest BCUT2D eigenvalue weighted by Crippen LogP contribution is -2.49. The highest BCUT2D eigenvalue weighted by atomic mass is 32.2. The molecule has 38 heavy (non-hydrogen) atoms. The van der Waals surface area contributed by atoms with Gasteiger partial charge in [0.1, 0.15) is 11.6 Å². The minimum atomic E-state index is -3.24. The number of hydrogen-bond acceptors (Lipinski definition) is 5. The summed E-state index contributed by atoms with van der Waals surface area (Å²) in [6.07, 6.45) is 8.17. The minimum absolute atomic E-state index is 0.0251. The monoisotopic (exact) mass is 554 g/mol. The van der Waals surface area contributed by atoms with Gasteiger partial charge in [-0.1, -0.05) is 6.92 Å². The van der Waals surface area contributed by atoms with Crippen LogP contribution in [0.15, 0.2) is 18.2 Å². The van der Waals surface area contributed by atoms with Gasteiger partial charge in [0.15, 0.2) is 0 Å². The van der Waals surface area contributed by atoms with E-state index in [1.54, 1.807) is 0 Å². The van der Waals surface area contributed by atoms with Crippen molar-refractivity contribution in [2.45, 2.75) is 76.3 Å². The molecule has 3 saturated heterocycles. The van der Waals surface area contributed by atoms with Gasteiger partial charge < -0.3 is 15.5 Å². The molecular weight excluding hydrogens is 510 g/mol.